The smallest absolute Gasteiger partial charge is 0.182 e. The molecule has 0 spiro atoms. The van der Waals surface area contributed by atoms with E-state index in [4.69, 9.17) is 10.1 Å². The van der Waals surface area contributed by atoms with Gasteiger partial charge < -0.3 is 9.64 Å². The van der Waals surface area contributed by atoms with Gasteiger partial charge in [0.1, 0.15) is 6.10 Å². The van der Waals surface area contributed by atoms with Crippen LogP contribution in [-0.4, -0.2) is 66.8 Å². The minimum atomic E-state index is 0.0697. The van der Waals surface area contributed by atoms with Crippen molar-refractivity contribution in [2.75, 3.05) is 45.0 Å². The molecule has 1 unspecified atom stereocenters. The maximum Gasteiger partial charge on any atom is 0.182 e. The third kappa shape index (κ3) is 6.57. The van der Waals surface area contributed by atoms with E-state index in [0.717, 1.165) is 19.5 Å². The highest BCUT2D eigenvalue weighted by atomic mass is 32.1. The van der Waals surface area contributed by atoms with Crippen LogP contribution in [-0.2, 0) is 4.74 Å². The summed E-state index contributed by atoms with van der Waals surface area (Å²) < 4.78 is 5.83. The third-order valence-electron chi connectivity index (χ3n) is 4.53. The molecule has 4 nitrogen and oxygen atoms in total. The lowest BCUT2D eigenvalue weighted by Gasteiger charge is -2.30. The molecule has 0 aromatic rings. The summed E-state index contributed by atoms with van der Waals surface area (Å²) in [6.07, 6.45) is 8.74. The molecule has 2 saturated heterocycles. The van der Waals surface area contributed by atoms with Crippen LogP contribution in [0.25, 0.3) is 0 Å². The van der Waals surface area contributed by atoms with Crippen LogP contribution >= 0.6 is 12.6 Å². The monoisotopic (exact) mass is 313 g/mol. The van der Waals surface area contributed by atoms with Gasteiger partial charge in [0.25, 0.3) is 0 Å². The van der Waals surface area contributed by atoms with Crippen molar-refractivity contribution in [1.29, 1.82) is 5.41 Å². The number of nitrogens with zero attached hydrogens (tertiary/aromatic N) is 2. The number of hydrogen-bond acceptors (Lipinski definition) is 5. The summed E-state index contributed by atoms with van der Waals surface area (Å²) in [6, 6.07) is 0. The summed E-state index contributed by atoms with van der Waals surface area (Å²) >= 11 is 4.40. The number of nitrogens with one attached hydrogen (secondary N) is 1. The van der Waals surface area contributed by atoms with Gasteiger partial charge in [0.05, 0.1) is 0 Å². The Bertz CT molecular complexity index is 302. The first-order chi connectivity index (χ1) is 10.3. The number of piperidine rings is 2. The van der Waals surface area contributed by atoms with E-state index in [-0.39, 0.29) is 6.10 Å². The highest BCUT2D eigenvalue weighted by Crippen LogP contribution is 2.12. The van der Waals surface area contributed by atoms with Crippen LogP contribution in [0, 0.1) is 5.41 Å². The zero-order valence-corrected chi connectivity index (χ0v) is 14.1. The Morgan fingerprint density at radius 3 is 2.10 bits per heavy atom. The normalized spacial score (nSPS) is 22.9. The molecule has 0 aromatic carbocycles. The first-order valence-corrected chi connectivity index (χ1v) is 9.21. The summed E-state index contributed by atoms with van der Waals surface area (Å²) in [4.78, 5) is 4.92. The Hall–Kier alpha value is -0.260. The Labute approximate surface area is 135 Å². The zero-order chi connectivity index (χ0) is 14.9. The van der Waals surface area contributed by atoms with Gasteiger partial charge in [-0.05, 0) is 51.9 Å². The maximum absolute atomic E-state index is 8.06. The second kappa shape index (κ2) is 9.70. The van der Waals surface area contributed by atoms with Crippen molar-refractivity contribution >= 4 is 18.5 Å². The fourth-order valence-electron chi connectivity index (χ4n) is 3.27. The van der Waals surface area contributed by atoms with E-state index >= 15 is 0 Å². The van der Waals surface area contributed by atoms with Gasteiger partial charge in [-0.25, -0.2) is 0 Å². The largest absolute Gasteiger partial charge is 0.476 e. The summed E-state index contributed by atoms with van der Waals surface area (Å²) in [5, 5.41) is 8.06. The molecule has 1 N–H and O–H groups in total. The van der Waals surface area contributed by atoms with Gasteiger partial charge in [0.15, 0.2) is 5.90 Å². The van der Waals surface area contributed by atoms with Gasteiger partial charge in [0.2, 0.25) is 0 Å². The number of likely N-dealkylation sites (tertiary alicyclic amines) is 2. The van der Waals surface area contributed by atoms with Crippen LogP contribution in [0.3, 0.4) is 0 Å². The van der Waals surface area contributed by atoms with Crippen LogP contribution in [0.15, 0.2) is 0 Å². The molecule has 2 aliphatic rings. The van der Waals surface area contributed by atoms with Gasteiger partial charge in [-0.2, -0.15) is 12.6 Å². The molecule has 0 bridgehead atoms. The Balaban J connectivity index is 1.63. The molecular weight excluding hydrogens is 282 g/mol. The van der Waals surface area contributed by atoms with Crippen molar-refractivity contribution in [3.8, 4) is 0 Å². The molecule has 2 aliphatic heterocycles. The van der Waals surface area contributed by atoms with Gasteiger partial charge in [-0.15, -0.1) is 0 Å². The van der Waals surface area contributed by atoms with E-state index in [0.29, 0.717) is 11.7 Å². The summed E-state index contributed by atoms with van der Waals surface area (Å²) in [5.74, 6) is 1.14. The molecule has 1 atom stereocenters. The van der Waals surface area contributed by atoms with Gasteiger partial charge >= 0.3 is 0 Å². The first kappa shape index (κ1) is 17.1. The number of hydrogen-bond donors (Lipinski definition) is 2. The minimum absolute atomic E-state index is 0.0697. The van der Waals surface area contributed by atoms with E-state index in [1.807, 2.05) is 0 Å². The molecule has 0 aromatic heterocycles. The van der Waals surface area contributed by atoms with E-state index in [1.54, 1.807) is 0 Å². The lowest BCUT2D eigenvalue weighted by molar-refractivity contribution is 0.120. The van der Waals surface area contributed by atoms with E-state index in [1.165, 1.54) is 64.7 Å². The Morgan fingerprint density at radius 2 is 1.52 bits per heavy atom. The fourth-order valence-corrected chi connectivity index (χ4v) is 3.46. The van der Waals surface area contributed by atoms with Crippen LogP contribution in [0.1, 0.15) is 44.9 Å². The predicted molar refractivity (Wildman–Crippen MR) is 91.7 cm³/mol. The molecule has 2 rings (SSSR count). The van der Waals surface area contributed by atoms with Crippen molar-refractivity contribution in [1.82, 2.24) is 9.80 Å². The minimum Gasteiger partial charge on any atom is -0.476 e. The van der Waals surface area contributed by atoms with Crippen molar-refractivity contribution in [3.05, 3.63) is 0 Å². The number of rotatable bonds is 7. The SMILES string of the molecule is N=C(CCN1CCCCC1)OC(CS)CN1CCCCC1. The Kier molecular flexibility index (Phi) is 7.89. The van der Waals surface area contributed by atoms with E-state index in [9.17, 15) is 0 Å². The van der Waals surface area contributed by atoms with Crippen molar-refractivity contribution in [2.24, 2.45) is 0 Å². The van der Waals surface area contributed by atoms with Crippen molar-refractivity contribution in [2.45, 2.75) is 51.0 Å². The van der Waals surface area contributed by atoms with Crippen molar-refractivity contribution in [3.63, 3.8) is 0 Å². The topological polar surface area (TPSA) is 39.6 Å². The lowest BCUT2D eigenvalue weighted by atomic mass is 10.1. The quantitative estimate of drug-likeness (QED) is 0.431. The average Bonchev–Trinajstić information content (AvgIpc) is 2.54. The highest BCUT2D eigenvalue weighted by molar-refractivity contribution is 7.80. The molecule has 0 amide bonds. The molecular formula is C16H31N3OS. The van der Waals surface area contributed by atoms with Crippen LogP contribution in [0.5, 0.6) is 0 Å². The molecule has 0 radical (unpaired) electrons. The molecule has 0 saturated carbocycles. The van der Waals surface area contributed by atoms with Crippen LogP contribution < -0.4 is 0 Å². The molecule has 122 valence electrons. The second-order valence-corrected chi connectivity index (χ2v) is 6.72. The third-order valence-corrected chi connectivity index (χ3v) is 4.93. The van der Waals surface area contributed by atoms with E-state index in [2.05, 4.69) is 22.4 Å². The summed E-state index contributed by atoms with van der Waals surface area (Å²) in [5.41, 5.74) is 0. The molecule has 0 aliphatic carbocycles. The van der Waals surface area contributed by atoms with Gasteiger partial charge in [-0.1, -0.05) is 12.8 Å². The highest BCUT2D eigenvalue weighted by Gasteiger charge is 2.18. The second-order valence-electron chi connectivity index (χ2n) is 6.36. The molecule has 2 fully saturated rings. The first-order valence-electron chi connectivity index (χ1n) is 8.57. The molecule has 2 heterocycles. The molecule has 21 heavy (non-hydrogen) atoms. The van der Waals surface area contributed by atoms with Gasteiger partial charge in [0, 0.05) is 25.3 Å². The summed E-state index contributed by atoms with van der Waals surface area (Å²) in [6.45, 7) is 6.63. The zero-order valence-electron chi connectivity index (χ0n) is 13.2. The predicted octanol–water partition coefficient (Wildman–Crippen LogP) is 2.64. The maximum atomic E-state index is 8.06. The lowest BCUT2D eigenvalue weighted by Crippen LogP contribution is -2.39. The molecule has 5 heteroatoms. The van der Waals surface area contributed by atoms with Crippen molar-refractivity contribution < 1.29 is 4.74 Å². The summed E-state index contributed by atoms with van der Waals surface area (Å²) in [7, 11) is 0. The van der Waals surface area contributed by atoms with Gasteiger partial charge in [-0.3, -0.25) is 10.3 Å². The van der Waals surface area contributed by atoms with Crippen LogP contribution in [0.2, 0.25) is 0 Å². The standard InChI is InChI=1S/C16H31N3OS/c17-16(7-12-18-8-3-1-4-9-18)20-15(14-21)13-19-10-5-2-6-11-19/h15,17,21H,1-14H2. The Morgan fingerprint density at radius 1 is 0.952 bits per heavy atom. The number of thiol groups is 1. The average molecular weight is 314 g/mol. The van der Waals surface area contributed by atoms with E-state index < -0.39 is 0 Å². The fraction of sp³-hybridized carbons (Fsp3) is 0.938. The van der Waals surface area contributed by atoms with Crippen LogP contribution in [0.4, 0.5) is 0 Å². The number of ether oxygens (including phenoxy) is 1.